The lowest BCUT2D eigenvalue weighted by molar-refractivity contribution is 0.491. The first-order valence-electron chi connectivity index (χ1n) is 7.18. The lowest BCUT2D eigenvalue weighted by Gasteiger charge is -2.10. The molecular formula is C14H24N4. The number of rotatable bonds is 7. The fourth-order valence-electron chi connectivity index (χ4n) is 2.64. The highest BCUT2D eigenvalue weighted by Gasteiger charge is 2.13. The molecule has 0 spiro atoms. The maximum atomic E-state index is 4.23. The second-order valence-corrected chi connectivity index (χ2v) is 5.04. The molecule has 0 bridgehead atoms. The van der Waals surface area contributed by atoms with Crippen LogP contribution in [0.15, 0.2) is 12.4 Å². The van der Waals surface area contributed by atoms with Gasteiger partial charge < -0.3 is 10.6 Å². The van der Waals surface area contributed by atoms with Crippen molar-refractivity contribution >= 4 is 11.6 Å². The first-order chi connectivity index (χ1) is 8.88. The molecule has 1 heterocycles. The standard InChI is InChI=1S/C14H24N4/c1-2-15-13-10-14(18-11-17-13)16-9-5-8-12-6-3-4-7-12/h10-12H,2-9H2,1H3,(H2,15,16,17,18). The van der Waals surface area contributed by atoms with E-state index in [1.165, 1.54) is 38.5 Å². The Morgan fingerprint density at radius 2 is 1.89 bits per heavy atom. The molecule has 4 nitrogen and oxygen atoms in total. The highest BCUT2D eigenvalue weighted by molar-refractivity contribution is 5.46. The summed E-state index contributed by atoms with van der Waals surface area (Å²) in [6, 6.07) is 1.97. The van der Waals surface area contributed by atoms with Crippen molar-refractivity contribution in [1.82, 2.24) is 9.97 Å². The number of anilines is 2. The van der Waals surface area contributed by atoms with Gasteiger partial charge >= 0.3 is 0 Å². The third kappa shape index (κ3) is 4.17. The Bertz CT molecular complexity index is 347. The molecule has 0 amide bonds. The summed E-state index contributed by atoms with van der Waals surface area (Å²) in [4.78, 5) is 8.39. The summed E-state index contributed by atoms with van der Waals surface area (Å²) >= 11 is 0. The van der Waals surface area contributed by atoms with E-state index in [-0.39, 0.29) is 0 Å². The van der Waals surface area contributed by atoms with Crippen LogP contribution in [0.2, 0.25) is 0 Å². The van der Waals surface area contributed by atoms with Gasteiger partial charge in [-0.25, -0.2) is 9.97 Å². The van der Waals surface area contributed by atoms with Crippen LogP contribution >= 0.6 is 0 Å². The second kappa shape index (κ2) is 7.19. The minimum atomic E-state index is 0.887. The Kier molecular flexibility index (Phi) is 5.24. The van der Waals surface area contributed by atoms with Crippen LogP contribution in [0, 0.1) is 5.92 Å². The quantitative estimate of drug-likeness (QED) is 0.727. The number of hydrogen-bond donors (Lipinski definition) is 2. The Hall–Kier alpha value is -1.32. The molecule has 1 saturated carbocycles. The molecule has 0 radical (unpaired) electrons. The van der Waals surface area contributed by atoms with Crippen LogP contribution in [-0.2, 0) is 0 Å². The molecule has 0 aromatic carbocycles. The summed E-state index contributed by atoms with van der Waals surface area (Å²) in [5, 5.41) is 6.57. The molecule has 0 atom stereocenters. The van der Waals surface area contributed by atoms with Gasteiger partial charge in [-0.05, 0) is 25.7 Å². The molecule has 1 aliphatic rings. The third-order valence-corrected chi connectivity index (χ3v) is 3.59. The van der Waals surface area contributed by atoms with Crippen LogP contribution in [-0.4, -0.2) is 23.1 Å². The monoisotopic (exact) mass is 248 g/mol. The number of nitrogens with one attached hydrogen (secondary N) is 2. The predicted molar refractivity (Wildman–Crippen MR) is 75.9 cm³/mol. The lowest BCUT2D eigenvalue weighted by Crippen LogP contribution is -2.07. The van der Waals surface area contributed by atoms with E-state index in [0.717, 1.165) is 30.6 Å². The van der Waals surface area contributed by atoms with Gasteiger partial charge in [0.15, 0.2) is 0 Å². The molecule has 1 fully saturated rings. The van der Waals surface area contributed by atoms with Crippen molar-refractivity contribution in [1.29, 1.82) is 0 Å². The fraction of sp³-hybridized carbons (Fsp3) is 0.714. The maximum absolute atomic E-state index is 4.23. The van der Waals surface area contributed by atoms with Gasteiger partial charge in [0.1, 0.15) is 18.0 Å². The summed E-state index contributed by atoms with van der Waals surface area (Å²) in [7, 11) is 0. The molecular weight excluding hydrogens is 224 g/mol. The van der Waals surface area contributed by atoms with Gasteiger partial charge in [0, 0.05) is 19.2 Å². The molecule has 1 aromatic heterocycles. The van der Waals surface area contributed by atoms with Gasteiger partial charge in [0.2, 0.25) is 0 Å². The van der Waals surface area contributed by atoms with Crippen molar-refractivity contribution < 1.29 is 0 Å². The van der Waals surface area contributed by atoms with E-state index in [4.69, 9.17) is 0 Å². The zero-order valence-electron chi connectivity index (χ0n) is 11.3. The van der Waals surface area contributed by atoms with Crippen LogP contribution in [0.25, 0.3) is 0 Å². The van der Waals surface area contributed by atoms with Gasteiger partial charge in [-0.2, -0.15) is 0 Å². The smallest absolute Gasteiger partial charge is 0.131 e. The van der Waals surface area contributed by atoms with Crippen LogP contribution in [0.3, 0.4) is 0 Å². The van der Waals surface area contributed by atoms with Crippen molar-refractivity contribution in [2.24, 2.45) is 5.92 Å². The molecule has 0 unspecified atom stereocenters. The summed E-state index contributed by atoms with van der Waals surface area (Å²) < 4.78 is 0. The molecule has 0 saturated heterocycles. The van der Waals surface area contributed by atoms with Gasteiger partial charge in [-0.1, -0.05) is 25.7 Å². The second-order valence-electron chi connectivity index (χ2n) is 5.04. The predicted octanol–water partition coefficient (Wildman–Crippen LogP) is 3.29. The van der Waals surface area contributed by atoms with Gasteiger partial charge in [0.25, 0.3) is 0 Å². The Morgan fingerprint density at radius 1 is 1.17 bits per heavy atom. The van der Waals surface area contributed by atoms with E-state index >= 15 is 0 Å². The minimum Gasteiger partial charge on any atom is -0.370 e. The summed E-state index contributed by atoms with van der Waals surface area (Å²) in [6.45, 7) is 3.97. The van der Waals surface area contributed by atoms with Crippen molar-refractivity contribution in [3.8, 4) is 0 Å². The van der Waals surface area contributed by atoms with E-state index in [1.54, 1.807) is 6.33 Å². The Morgan fingerprint density at radius 3 is 2.61 bits per heavy atom. The van der Waals surface area contributed by atoms with E-state index < -0.39 is 0 Å². The summed E-state index contributed by atoms with van der Waals surface area (Å²) in [5.41, 5.74) is 0. The highest BCUT2D eigenvalue weighted by Crippen LogP contribution is 2.28. The van der Waals surface area contributed by atoms with E-state index in [0.29, 0.717) is 0 Å². The van der Waals surface area contributed by atoms with Crippen LogP contribution < -0.4 is 10.6 Å². The minimum absolute atomic E-state index is 0.887. The molecule has 0 aliphatic heterocycles. The van der Waals surface area contributed by atoms with Crippen LogP contribution in [0.1, 0.15) is 45.4 Å². The van der Waals surface area contributed by atoms with Gasteiger partial charge in [-0.3, -0.25) is 0 Å². The van der Waals surface area contributed by atoms with Crippen molar-refractivity contribution in [2.75, 3.05) is 23.7 Å². The fourth-order valence-corrected chi connectivity index (χ4v) is 2.64. The number of hydrogen-bond acceptors (Lipinski definition) is 4. The maximum Gasteiger partial charge on any atom is 0.131 e. The van der Waals surface area contributed by atoms with E-state index in [9.17, 15) is 0 Å². The first-order valence-corrected chi connectivity index (χ1v) is 7.18. The molecule has 2 rings (SSSR count). The molecule has 1 aliphatic carbocycles. The normalized spacial score (nSPS) is 15.8. The first kappa shape index (κ1) is 13.1. The molecule has 1 aromatic rings. The molecule has 2 N–H and O–H groups in total. The zero-order chi connectivity index (χ0) is 12.6. The van der Waals surface area contributed by atoms with E-state index in [2.05, 4.69) is 27.5 Å². The van der Waals surface area contributed by atoms with Crippen molar-refractivity contribution in [3.63, 3.8) is 0 Å². The lowest BCUT2D eigenvalue weighted by atomic mass is 10.0. The number of aromatic nitrogens is 2. The number of nitrogens with zero attached hydrogens (tertiary/aromatic N) is 2. The van der Waals surface area contributed by atoms with Gasteiger partial charge in [0.05, 0.1) is 0 Å². The Balaban J connectivity index is 1.67. The zero-order valence-corrected chi connectivity index (χ0v) is 11.3. The van der Waals surface area contributed by atoms with Crippen LogP contribution in [0.5, 0.6) is 0 Å². The summed E-state index contributed by atoms with van der Waals surface area (Å²) in [6.07, 6.45) is 9.98. The topological polar surface area (TPSA) is 49.8 Å². The average Bonchev–Trinajstić information content (AvgIpc) is 2.89. The van der Waals surface area contributed by atoms with Crippen molar-refractivity contribution in [3.05, 3.63) is 12.4 Å². The highest BCUT2D eigenvalue weighted by atomic mass is 15.1. The SMILES string of the molecule is CCNc1cc(NCCCC2CCCC2)ncn1. The van der Waals surface area contributed by atoms with Crippen molar-refractivity contribution in [2.45, 2.75) is 45.4 Å². The largest absolute Gasteiger partial charge is 0.370 e. The van der Waals surface area contributed by atoms with Gasteiger partial charge in [-0.15, -0.1) is 0 Å². The third-order valence-electron chi connectivity index (χ3n) is 3.59. The molecule has 4 heteroatoms. The Labute approximate surface area is 110 Å². The van der Waals surface area contributed by atoms with E-state index in [1.807, 2.05) is 6.07 Å². The average molecular weight is 248 g/mol. The molecule has 100 valence electrons. The molecule has 18 heavy (non-hydrogen) atoms. The summed E-state index contributed by atoms with van der Waals surface area (Å²) in [5.74, 6) is 2.80. The van der Waals surface area contributed by atoms with Crippen LogP contribution in [0.4, 0.5) is 11.6 Å².